The average molecular weight is 536 g/mol. The molecule has 0 spiro atoms. The molecule has 2 aromatic carbocycles. The van der Waals surface area contributed by atoms with Crippen molar-refractivity contribution in [1.29, 1.82) is 5.26 Å². The molecule has 2 amide bonds. The first kappa shape index (κ1) is 27.9. The Labute approximate surface area is 223 Å². The minimum atomic E-state index is -0.638. The third-order valence-corrected chi connectivity index (χ3v) is 5.61. The van der Waals surface area contributed by atoms with Gasteiger partial charge in [0.25, 0.3) is 5.91 Å². The van der Waals surface area contributed by atoms with Gasteiger partial charge in [-0.1, -0.05) is 12.1 Å². The SMILES string of the molecule is CNC(C)C(=O)Nc1cccc(-c2cc(-c3ccc(F)cc3O)nc(NC(=O)c3ccco3)c2C#N)c1.Cl. The number of hydrogen-bond acceptors (Lipinski definition) is 7. The van der Waals surface area contributed by atoms with Crippen LogP contribution in [0.4, 0.5) is 15.9 Å². The summed E-state index contributed by atoms with van der Waals surface area (Å²) in [7, 11) is 1.67. The minimum Gasteiger partial charge on any atom is -0.507 e. The molecule has 0 aliphatic heterocycles. The van der Waals surface area contributed by atoms with Crippen molar-refractivity contribution in [1.82, 2.24) is 10.3 Å². The maximum Gasteiger partial charge on any atom is 0.292 e. The van der Waals surface area contributed by atoms with Crippen molar-refractivity contribution in [3.8, 4) is 34.2 Å². The summed E-state index contributed by atoms with van der Waals surface area (Å²) >= 11 is 0. The molecule has 0 saturated heterocycles. The van der Waals surface area contributed by atoms with Crippen LogP contribution in [0.2, 0.25) is 0 Å². The van der Waals surface area contributed by atoms with Gasteiger partial charge in [-0.05, 0) is 62.0 Å². The van der Waals surface area contributed by atoms with Gasteiger partial charge in [-0.15, -0.1) is 12.4 Å². The quantitative estimate of drug-likeness (QED) is 0.262. The maximum atomic E-state index is 13.6. The van der Waals surface area contributed by atoms with Crippen molar-refractivity contribution < 1.29 is 23.5 Å². The number of nitrogens with zero attached hydrogens (tertiary/aromatic N) is 2. The van der Waals surface area contributed by atoms with Crippen LogP contribution in [-0.2, 0) is 4.79 Å². The number of benzene rings is 2. The van der Waals surface area contributed by atoms with Gasteiger partial charge in [-0.2, -0.15) is 5.26 Å². The van der Waals surface area contributed by atoms with Crippen LogP contribution in [-0.4, -0.2) is 35.0 Å². The number of phenolic OH excluding ortho intramolecular Hbond substituents is 1. The Balaban J connectivity index is 0.00000400. The second-order valence-corrected chi connectivity index (χ2v) is 8.06. The Morgan fingerprint density at radius 3 is 2.53 bits per heavy atom. The first-order valence-electron chi connectivity index (χ1n) is 11.2. The molecule has 0 radical (unpaired) electrons. The van der Waals surface area contributed by atoms with E-state index in [-0.39, 0.29) is 52.5 Å². The monoisotopic (exact) mass is 535 g/mol. The van der Waals surface area contributed by atoms with Crippen molar-refractivity contribution in [2.75, 3.05) is 17.7 Å². The molecule has 1 atom stereocenters. The first-order valence-corrected chi connectivity index (χ1v) is 11.2. The number of amides is 2. The van der Waals surface area contributed by atoms with E-state index in [1.807, 2.05) is 0 Å². The molecule has 0 aliphatic carbocycles. The van der Waals surface area contributed by atoms with E-state index in [2.05, 4.69) is 27.0 Å². The number of nitrogens with one attached hydrogen (secondary N) is 3. The summed E-state index contributed by atoms with van der Waals surface area (Å²) in [6.45, 7) is 1.71. The standard InChI is InChI=1S/C27H22FN5O4.ClH/c1-15(30-2)26(35)31-18-6-3-5-16(11-18)20-13-22(19-9-8-17(28)12-23(19)34)32-25(21(20)14-29)33-27(36)24-7-4-10-37-24;/h3-13,15,30,34H,1-2H3,(H,31,35)(H,32,33,36);1H. The molecule has 38 heavy (non-hydrogen) atoms. The Morgan fingerprint density at radius 2 is 1.87 bits per heavy atom. The van der Waals surface area contributed by atoms with Crippen LogP contribution in [0.3, 0.4) is 0 Å². The fraction of sp³-hybridized carbons (Fsp3) is 0.111. The zero-order valence-corrected chi connectivity index (χ0v) is 21.1. The zero-order chi connectivity index (χ0) is 26.5. The molecular weight excluding hydrogens is 513 g/mol. The highest BCUT2D eigenvalue weighted by atomic mass is 35.5. The van der Waals surface area contributed by atoms with Crippen molar-refractivity contribution in [3.63, 3.8) is 0 Å². The van der Waals surface area contributed by atoms with Crippen LogP contribution < -0.4 is 16.0 Å². The lowest BCUT2D eigenvalue weighted by Gasteiger charge is -2.15. The molecule has 0 bridgehead atoms. The number of aromatic nitrogens is 1. The third-order valence-electron chi connectivity index (χ3n) is 5.61. The number of hydrogen-bond donors (Lipinski definition) is 4. The molecule has 4 aromatic rings. The van der Waals surface area contributed by atoms with E-state index in [9.17, 15) is 24.3 Å². The molecular formula is C27H23ClFN5O4. The summed E-state index contributed by atoms with van der Waals surface area (Å²) in [5.74, 6) is -1.97. The number of aromatic hydroxyl groups is 1. The molecule has 4 N–H and O–H groups in total. The van der Waals surface area contributed by atoms with Gasteiger partial charge in [-0.25, -0.2) is 9.37 Å². The summed E-state index contributed by atoms with van der Waals surface area (Å²) in [4.78, 5) is 29.5. The van der Waals surface area contributed by atoms with Gasteiger partial charge < -0.3 is 25.5 Å². The Kier molecular flexibility index (Phi) is 8.81. The highest BCUT2D eigenvalue weighted by Crippen LogP contribution is 2.36. The van der Waals surface area contributed by atoms with Crippen LogP contribution in [0.5, 0.6) is 5.75 Å². The van der Waals surface area contributed by atoms with Gasteiger partial charge in [0, 0.05) is 22.9 Å². The number of rotatable bonds is 7. The van der Waals surface area contributed by atoms with Crippen LogP contribution in [0.25, 0.3) is 22.4 Å². The summed E-state index contributed by atoms with van der Waals surface area (Å²) < 4.78 is 18.8. The van der Waals surface area contributed by atoms with Crippen LogP contribution in [0.15, 0.2) is 71.3 Å². The number of furan rings is 1. The molecule has 0 aliphatic rings. The number of phenols is 1. The average Bonchev–Trinajstić information content (AvgIpc) is 3.43. The van der Waals surface area contributed by atoms with Crippen molar-refractivity contribution in [2.45, 2.75) is 13.0 Å². The van der Waals surface area contributed by atoms with Gasteiger partial charge >= 0.3 is 0 Å². The lowest BCUT2D eigenvalue weighted by molar-refractivity contribution is -0.117. The normalized spacial score (nSPS) is 11.1. The van der Waals surface area contributed by atoms with E-state index in [0.717, 1.165) is 12.1 Å². The van der Waals surface area contributed by atoms with E-state index in [0.29, 0.717) is 16.8 Å². The zero-order valence-electron chi connectivity index (χ0n) is 20.3. The largest absolute Gasteiger partial charge is 0.507 e. The van der Waals surface area contributed by atoms with E-state index >= 15 is 0 Å². The van der Waals surface area contributed by atoms with Crippen molar-refractivity contribution in [3.05, 3.63) is 84.1 Å². The molecule has 9 nitrogen and oxygen atoms in total. The second kappa shape index (κ2) is 12.0. The summed E-state index contributed by atoms with van der Waals surface area (Å²) in [6.07, 6.45) is 1.33. The first-order chi connectivity index (χ1) is 17.8. The van der Waals surface area contributed by atoms with Gasteiger partial charge in [0.1, 0.15) is 23.2 Å². The second-order valence-electron chi connectivity index (χ2n) is 8.06. The van der Waals surface area contributed by atoms with E-state index in [1.165, 1.54) is 18.4 Å². The topological polar surface area (TPSA) is 140 Å². The predicted molar refractivity (Wildman–Crippen MR) is 143 cm³/mol. The maximum absolute atomic E-state index is 13.6. The molecule has 2 heterocycles. The molecule has 0 saturated carbocycles. The van der Waals surface area contributed by atoms with Gasteiger partial charge in [0.05, 0.1) is 18.0 Å². The van der Waals surface area contributed by atoms with Gasteiger partial charge in [0.15, 0.2) is 11.6 Å². The molecule has 4 rings (SSSR count). The van der Waals surface area contributed by atoms with Gasteiger partial charge in [0.2, 0.25) is 5.91 Å². The van der Waals surface area contributed by atoms with Crippen LogP contribution >= 0.6 is 12.4 Å². The van der Waals surface area contributed by atoms with E-state index < -0.39 is 17.8 Å². The van der Waals surface area contributed by atoms with E-state index in [4.69, 9.17) is 4.42 Å². The number of pyridine rings is 1. The lowest BCUT2D eigenvalue weighted by atomic mass is 9.97. The highest BCUT2D eigenvalue weighted by Gasteiger charge is 2.21. The van der Waals surface area contributed by atoms with Gasteiger partial charge in [-0.3, -0.25) is 9.59 Å². The number of halogens is 2. The Morgan fingerprint density at radius 1 is 1.08 bits per heavy atom. The fourth-order valence-corrected chi connectivity index (χ4v) is 3.56. The molecule has 194 valence electrons. The van der Waals surface area contributed by atoms with Crippen molar-refractivity contribution in [2.24, 2.45) is 0 Å². The Hall–Kier alpha value is -4.72. The number of carbonyl (C=O) groups is 2. The van der Waals surface area contributed by atoms with Crippen LogP contribution in [0.1, 0.15) is 23.0 Å². The van der Waals surface area contributed by atoms with E-state index in [1.54, 1.807) is 50.4 Å². The molecule has 1 unspecified atom stereocenters. The molecule has 11 heteroatoms. The highest BCUT2D eigenvalue weighted by molar-refractivity contribution is 6.03. The smallest absolute Gasteiger partial charge is 0.292 e. The molecule has 0 fully saturated rings. The lowest BCUT2D eigenvalue weighted by Crippen LogP contribution is -2.35. The minimum absolute atomic E-state index is 0. The summed E-state index contributed by atoms with van der Waals surface area (Å²) in [6, 6.07) is 16.4. The third kappa shape index (κ3) is 5.98. The summed E-state index contributed by atoms with van der Waals surface area (Å²) in [5.41, 5.74) is 1.79. The number of carbonyl (C=O) groups excluding carboxylic acids is 2. The number of likely N-dealkylation sites (N-methyl/N-ethyl adjacent to an activating group) is 1. The number of nitriles is 1. The van der Waals surface area contributed by atoms with Crippen molar-refractivity contribution >= 4 is 35.7 Å². The fourth-order valence-electron chi connectivity index (χ4n) is 3.56. The predicted octanol–water partition coefficient (Wildman–Crippen LogP) is 4.95. The summed E-state index contributed by atoms with van der Waals surface area (Å²) in [5, 5.41) is 28.7. The molecule has 2 aromatic heterocycles. The Bertz CT molecular complexity index is 1520. The number of anilines is 2. The van der Waals surface area contributed by atoms with Crippen LogP contribution in [0, 0.1) is 17.1 Å².